The molecule has 1 aliphatic heterocycles. The van der Waals surface area contributed by atoms with Crippen molar-refractivity contribution >= 4 is 0 Å². The first-order valence-corrected chi connectivity index (χ1v) is 6.23. The third-order valence-electron chi connectivity index (χ3n) is 3.24. The van der Waals surface area contributed by atoms with Crippen LogP contribution in [0.4, 0.5) is 0 Å². The molecular weight excluding hydrogens is 224 g/mol. The Morgan fingerprint density at radius 1 is 1.17 bits per heavy atom. The van der Waals surface area contributed by atoms with Crippen LogP contribution in [0.3, 0.4) is 0 Å². The van der Waals surface area contributed by atoms with Gasteiger partial charge in [-0.25, -0.2) is 9.97 Å². The molecular formula is C14H16N4. The van der Waals surface area contributed by atoms with Crippen molar-refractivity contribution in [3.63, 3.8) is 0 Å². The first-order chi connectivity index (χ1) is 8.88. The zero-order chi connectivity index (χ0) is 12.4. The highest BCUT2D eigenvalue weighted by atomic mass is 15.0. The molecule has 3 N–H and O–H groups in total. The van der Waals surface area contributed by atoms with Crippen molar-refractivity contribution in [3.8, 4) is 11.4 Å². The van der Waals surface area contributed by atoms with Crippen molar-refractivity contribution in [2.45, 2.75) is 19.5 Å². The van der Waals surface area contributed by atoms with E-state index in [0.717, 1.165) is 42.3 Å². The first kappa shape index (κ1) is 11.3. The van der Waals surface area contributed by atoms with Crippen LogP contribution in [0.5, 0.6) is 0 Å². The van der Waals surface area contributed by atoms with Crippen LogP contribution in [0.25, 0.3) is 11.4 Å². The minimum absolute atomic E-state index is 0.465. The highest BCUT2D eigenvalue weighted by Gasteiger charge is 2.16. The fraction of sp³-hybridized carbons (Fsp3) is 0.286. The van der Waals surface area contributed by atoms with Gasteiger partial charge in [-0.3, -0.25) is 0 Å². The number of hydrogen-bond acceptors (Lipinski definition) is 4. The highest BCUT2D eigenvalue weighted by molar-refractivity contribution is 5.55. The average molecular weight is 240 g/mol. The minimum atomic E-state index is 0.465. The van der Waals surface area contributed by atoms with Crippen molar-refractivity contribution in [3.05, 3.63) is 47.3 Å². The van der Waals surface area contributed by atoms with Gasteiger partial charge in [0.25, 0.3) is 0 Å². The molecule has 3 rings (SSSR count). The second kappa shape index (κ2) is 4.84. The predicted octanol–water partition coefficient (Wildman–Crippen LogP) is 1.25. The summed E-state index contributed by atoms with van der Waals surface area (Å²) in [6.07, 6.45) is 0.949. The summed E-state index contributed by atoms with van der Waals surface area (Å²) in [7, 11) is 0. The van der Waals surface area contributed by atoms with Gasteiger partial charge in [-0.1, -0.05) is 30.3 Å². The standard InChI is InChI=1S/C14H16N4/c15-8-13-11-9-16-7-6-12(11)17-14(18-13)10-4-2-1-3-5-10/h1-5,16H,6-9,15H2. The summed E-state index contributed by atoms with van der Waals surface area (Å²) in [6, 6.07) is 10.1. The van der Waals surface area contributed by atoms with Crippen LogP contribution in [-0.4, -0.2) is 16.5 Å². The van der Waals surface area contributed by atoms with E-state index < -0.39 is 0 Å². The molecule has 92 valence electrons. The summed E-state index contributed by atoms with van der Waals surface area (Å²) in [5.41, 5.74) is 10.1. The van der Waals surface area contributed by atoms with Crippen LogP contribution >= 0.6 is 0 Å². The van der Waals surface area contributed by atoms with Crippen LogP contribution < -0.4 is 11.1 Å². The Morgan fingerprint density at radius 2 is 2.00 bits per heavy atom. The Morgan fingerprint density at radius 3 is 2.78 bits per heavy atom. The summed E-state index contributed by atoms with van der Waals surface area (Å²) in [5, 5.41) is 3.34. The molecule has 0 spiro atoms. The highest BCUT2D eigenvalue weighted by Crippen LogP contribution is 2.21. The number of fused-ring (bicyclic) bond motifs is 1. The smallest absolute Gasteiger partial charge is 0.159 e. The van der Waals surface area contributed by atoms with Crippen LogP contribution in [0.2, 0.25) is 0 Å². The molecule has 0 aliphatic carbocycles. The molecule has 4 heteroatoms. The van der Waals surface area contributed by atoms with Crippen molar-refractivity contribution in [1.82, 2.24) is 15.3 Å². The molecule has 4 nitrogen and oxygen atoms in total. The fourth-order valence-electron chi connectivity index (χ4n) is 2.30. The van der Waals surface area contributed by atoms with E-state index in [1.807, 2.05) is 30.3 Å². The largest absolute Gasteiger partial charge is 0.325 e. The summed E-state index contributed by atoms with van der Waals surface area (Å²) in [6.45, 7) is 2.27. The zero-order valence-electron chi connectivity index (χ0n) is 10.2. The maximum Gasteiger partial charge on any atom is 0.159 e. The van der Waals surface area contributed by atoms with Crippen molar-refractivity contribution in [1.29, 1.82) is 0 Å². The Labute approximate surface area is 106 Å². The molecule has 0 saturated carbocycles. The molecule has 0 bridgehead atoms. The van der Waals surface area contributed by atoms with Gasteiger partial charge in [0.2, 0.25) is 0 Å². The van der Waals surface area contributed by atoms with Gasteiger partial charge in [-0.05, 0) is 0 Å². The van der Waals surface area contributed by atoms with E-state index in [4.69, 9.17) is 5.73 Å². The van der Waals surface area contributed by atoms with Gasteiger partial charge in [-0.2, -0.15) is 0 Å². The third kappa shape index (κ3) is 2.00. The van der Waals surface area contributed by atoms with Crippen molar-refractivity contribution < 1.29 is 0 Å². The molecule has 1 aliphatic rings. The van der Waals surface area contributed by atoms with Gasteiger partial charge < -0.3 is 11.1 Å². The Balaban J connectivity index is 2.12. The molecule has 0 amide bonds. The summed E-state index contributed by atoms with van der Waals surface area (Å²) >= 11 is 0. The lowest BCUT2D eigenvalue weighted by atomic mass is 10.0. The summed E-state index contributed by atoms with van der Waals surface area (Å²) < 4.78 is 0. The number of rotatable bonds is 2. The molecule has 0 radical (unpaired) electrons. The number of benzene rings is 1. The fourth-order valence-corrected chi connectivity index (χ4v) is 2.30. The maximum atomic E-state index is 5.80. The van der Waals surface area contributed by atoms with Gasteiger partial charge in [0.05, 0.1) is 11.4 Å². The number of nitrogens with two attached hydrogens (primary N) is 1. The molecule has 0 fully saturated rings. The quantitative estimate of drug-likeness (QED) is 0.829. The van der Waals surface area contributed by atoms with E-state index in [2.05, 4.69) is 15.3 Å². The van der Waals surface area contributed by atoms with E-state index in [9.17, 15) is 0 Å². The van der Waals surface area contributed by atoms with E-state index in [0.29, 0.717) is 6.54 Å². The number of nitrogens with zero attached hydrogens (tertiary/aromatic N) is 2. The second-order valence-electron chi connectivity index (χ2n) is 4.42. The Kier molecular flexibility index (Phi) is 3.04. The summed E-state index contributed by atoms with van der Waals surface area (Å²) in [4.78, 5) is 9.28. The van der Waals surface area contributed by atoms with Crippen LogP contribution in [0.15, 0.2) is 30.3 Å². The van der Waals surface area contributed by atoms with Gasteiger partial charge >= 0.3 is 0 Å². The Hall–Kier alpha value is -1.78. The monoisotopic (exact) mass is 240 g/mol. The van der Waals surface area contributed by atoms with Crippen LogP contribution in [0, 0.1) is 0 Å². The second-order valence-corrected chi connectivity index (χ2v) is 4.42. The van der Waals surface area contributed by atoms with Crippen LogP contribution in [-0.2, 0) is 19.5 Å². The molecule has 0 atom stereocenters. The molecule has 0 saturated heterocycles. The molecule has 2 aromatic rings. The SMILES string of the molecule is NCc1nc(-c2ccccc2)nc2c1CNCC2. The lowest BCUT2D eigenvalue weighted by Crippen LogP contribution is -2.27. The normalized spacial score (nSPS) is 14.3. The predicted molar refractivity (Wildman–Crippen MR) is 70.8 cm³/mol. The number of nitrogens with one attached hydrogen (secondary N) is 1. The van der Waals surface area contributed by atoms with Crippen molar-refractivity contribution in [2.24, 2.45) is 5.73 Å². The topological polar surface area (TPSA) is 63.8 Å². The molecule has 18 heavy (non-hydrogen) atoms. The van der Waals surface area contributed by atoms with E-state index in [-0.39, 0.29) is 0 Å². The Bertz CT molecular complexity index is 534. The van der Waals surface area contributed by atoms with Gasteiger partial charge in [0.1, 0.15) is 0 Å². The van der Waals surface area contributed by atoms with E-state index in [1.165, 1.54) is 5.56 Å². The zero-order valence-corrected chi connectivity index (χ0v) is 10.2. The lowest BCUT2D eigenvalue weighted by Gasteiger charge is -2.19. The maximum absolute atomic E-state index is 5.80. The van der Waals surface area contributed by atoms with Gasteiger partial charge in [0.15, 0.2) is 5.82 Å². The number of aromatic nitrogens is 2. The third-order valence-corrected chi connectivity index (χ3v) is 3.24. The lowest BCUT2D eigenvalue weighted by molar-refractivity contribution is 0.617. The molecule has 1 aromatic heterocycles. The van der Waals surface area contributed by atoms with Crippen LogP contribution in [0.1, 0.15) is 17.0 Å². The molecule has 2 heterocycles. The van der Waals surface area contributed by atoms with E-state index >= 15 is 0 Å². The van der Waals surface area contributed by atoms with Crippen molar-refractivity contribution in [2.75, 3.05) is 6.54 Å². The van der Waals surface area contributed by atoms with Gasteiger partial charge in [0, 0.05) is 37.2 Å². The molecule has 1 aromatic carbocycles. The minimum Gasteiger partial charge on any atom is -0.325 e. The van der Waals surface area contributed by atoms with Gasteiger partial charge in [-0.15, -0.1) is 0 Å². The molecule has 0 unspecified atom stereocenters. The number of hydrogen-bond donors (Lipinski definition) is 2. The average Bonchev–Trinajstić information content (AvgIpc) is 2.47. The first-order valence-electron chi connectivity index (χ1n) is 6.23. The summed E-state index contributed by atoms with van der Waals surface area (Å²) in [5.74, 6) is 0.789. The van der Waals surface area contributed by atoms with E-state index in [1.54, 1.807) is 0 Å².